The number of carbonyl (C=O) groups excluding carboxylic acids is 3. The molecule has 0 bridgehead atoms. The van der Waals surface area contributed by atoms with Crippen molar-refractivity contribution in [1.29, 1.82) is 0 Å². The molecule has 0 saturated carbocycles. The molecule has 0 aromatic carbocycles. The molecule has 0 saturated heterocycles. The van der Waals surface area contributed by atoms with Crippen LogP contribution in [0.3, 0.4) is 0 Å². The standard InChI is InChI=1S/C11H14N2O4S/c1-4-17-11(16)6-5-7(14)8(9(18)12-6)10(15)13(2)3/h5,8H,4H2,1-3H3,(H,12,18). The fourth-order valence-corrected chi connectivity index (χ4v) is 1.73. The van der Waals surface area contributed by atoms with Gasteiger partial charge in [0.25, 0.3) is 0 Å². The van der Waals surface area contributed by atoms with E-state index < -0.39 is 23.6 Å². The fourth-order valence-electron chi connectivity index (χ4n) is 1.41. The van der Waals surface area contributed by atoms with Crippen LogP contribution in [-0.4, -0.2) is 48.3 Å². The molecule has 0 aliphatic carbocycles. The topological polar surface area (TPSA) is 75.7 Å². The molecule has 1 N–H and O–H groups in total. The number of nitrogens with zero attached hydrogens (tertiary/aromatic N) is 1. The lowest BCUT2D eigenvalue weighted by Gasteiger charge is -2.24. The predicted molar refractivity (Wildman–Crippen MR) is 67.6 cm³/mol. The van der Waals surface area contributed by atoms with Crippen molar-refractivity contribution in [1.82, 2.24) is 10.2 Å². The monoisotopic (exact) mass is 270 g/mol. The number of thiocarbonyl (C=S) groups is 1. The summed E-state index contributed by atoms with van der Waals surface area (Å²) in [6.45, 7) is 1.85. The van der Waals surface area contributed by atoms with Crippen molar-refractivity contribution in [3.63, 3.8) is 0 Å². The summed E-state index contributed by atoms with van der Waals surface area (Å²) < 4.78 is 4.74. The normalized spacial score (nSPS) is 18.8. The Morgan fingerprint density at radius 2 is 2.11 bits per heavy atom. The van der Waals surface area contributed by atoms with Gasteiger partial charge < -0.3 is 15.0 Å². The summed E-state index contributed by atoms with van der Waals surface area (Å²) in [7, 11) is 3.06. The molecule has 1 atom stereocenters. The van der Waals surface area contributed by atoms with Gasteiger partial charge in [0.1, 0.15) is 10.7 Å². The number of esters is 1. The zero-order chi connectivity index (χ0) is 13.9. The van der Waals surface area contributed by atoms with Crippen molar-refractivity contribution in [3.8, 4) is 0 Å². The molecule has 1 aliphatic heterocycles. The molecule has 0 aromatic heterocycles. The lowest BCUT2D eigenvalue weighted by molar-refractivity contribution is -0.140. The molecule has 98 valence electrons. The van der Waals surface area contributed by atoms with Gasteiger partial charge in [0.15, 0.2) is 11.7 Å². The van der Waals surface area contributed by atoms with Crippen LogP contribution in [0.15, 0.2) is 11.8 Å². The summed E-state index contributed by atoms with van der Waals surface area (Å²) in [4.78, 5) is 36.3. The number of ether oxygens (including phenoxy) is 1. The van der Waals surface area contributed by atoms with Gasteiger partial charge in [-0.05, 0) is 6.92 Å². The average Bonchev–Trinajstić information content (AvgIpc) is 2.27. The first kappa shape index (κ1) is 14.3. The van der Waals surface area contributed by atoms with Crippen molar-refractivity contribution >= 4 is 34.9 Å². The van der Waals surface area contributed by atoms with E-state index in [1.165, 1.54) is 19.0 Å². The molecule has 7 heteroatoms. The summed E-state index contributed by atoms with van der Waals surface area (Å²) in [6.07, 6.45) is 1.06. The lowest BCUT2D eigenvalue weighted by atomic mass is 9.98. The molecular weight excluding hydrogens is 256 g/mol. The number of hydrogen-bond acceptors (Lipinski definition) is 5. The number of hydrogen-bond donors (Lipinski definition) is 1. The maximum absolute atomic E-state index is 11.8. The average molecular weight is 270 g/mol. The Hall–Kier alpha value is -1.76. The SMILES string of the molecule is CCOC(=O)C1=CC(=O)C(C(=O)N(C)C)C(=S)N1. The van der Waals surface area contributed by atoms with Crippen LogP contribution in [0.2, 0.25) is 0 Å². The van der Waals surface area contributed by atoms with Crippen LogP contribution in [0.1, 0.15) is 6.92 Å². The molecule has 0 spiro atoms. The van der Waals surface area contributed by atoms with Gasteiger partial charge in [-0.15, -0.1) is 0 Å². The van der Waals surface area contributed by atoms with Gasteiger partial charge >= 0.3 is 5.97 Å². The fraction of sp³-hybridized carbons (Fsp3) is 0.455. The summed E-state index contributed by atoms with van der Waals surface area (Å²) in [5, 5.41) is 2.57. The molecule has 1 unspecified atom stereocenters. The van der Waals surface area contributed by atoms with Crippen molar-refractivity contribution in [3.05, 3.63) is 11.8 Å². The van der Waals surface area contributed by atoms with E-state index in [1.807, 2.05) is 0 Å². The molecule has 0 radical (unpaired) electrons. The van der Waals surface area contributed by atoms with E-state index in [2.05, 4.69) is 5.32 Å². The molecule has 0 aromatic rings. The third kappa shape index (κ3) is 2.92. The maximum Gasteiger partial charge on any atom is 0.354 e. The number of amides is 1. The number of allylic oxidation sites excluding steroid dienone is 1. The molecule has 0 fully saturated rings. The van der Waals surface area contributed by atoms with Crippen LogP contribution in [0.4, 0.5) is 0 Å². The minimum atomic E-state index is -1.06. The summed E-state index contributed by atoms with van der Waals surface area (Å²) in [5.74, 6) is -2.66. The van der Waals surface area contributed by atoms with Crippen LogP contribution in [0.25, 0.3) is 0 Å². The van der Waals surface area contributed by atoms with E-state index in [0.717, 1.165) is 6.08 Å². The Balaban J connectivity index is 2.94. The smallest absolute Gasteiger partial charge is 0.354 e. The predicted octanol–water partition coefficient (Wildman–Crippen LogP) is -0.362. The van der Waals surface area contributed by atoms with Crippen molar-refractivity contribution in [2.45, 2.75) is 6.92 Å². The van der Waals surface area contributed by atoms with Crippen molar-refractivity contribution in [2.75, 3.05) is 20.7 Å². The quantitative estimate of drug-likeness (QED) is 0.429. The Morgan fingerprint density at radius 3 is 2.56 bits per heavy atom. The molecular formula is C11H14N2O4S. The summed E-state index contributed by atoms with van der Waals surface area (Å²) in [5.41, 5.74) is -0.0327. The second-order valence-corrected chi connectivity index (χ2v) is 4.28. The Bertz CT molecular complexity index is 442. The number of carbonyl (C=O) groups is 3. The van der Waals surface area contributed by atoms with Crippen molar-refractivity contribution < 1.29 is 19.1 Å². The highest BCUT2D eigenvalue weighted by Crippen LogP contribution is 2.14. The van der Waals surface area contributed by atoms with Gasteiger partial charge in [-0.3, -0.25) is 9.59 Å². The number of rotatable bonds is 3. The van der Waals surface area contributed by atoms with E-state index in [-0.39, 0.29) is 17.3 Å². The zero-order valence-electron chi connectivity index (χ0n) is 10.4. The van der Waals surface area contributed by atoms with E-state index >= 15 is 0 Å². The number of ketones is 1. The van der Waals surface area contributed by atoms with Crippen molar-refractivity contribution in [2.24, 2.45) is 5.92 Å². The zero-order valence-corrected chi connectivity index (χ0v) is 11.2. The van der Waals surface area contributed by atoms with E-state index in [9.17, 15) is 14.4 Å². The first-order chi connectivity index (χ1) is 8.38. The molecule has 1 amide bonds. The van der Waals surface area contributed by atoms with Gasteiger partial charge in [-0.2, -0.15) is 0 Å². The van der Waals surface area contributed by atoms with Crippen LogP contribution >= 0.6 is 12.2 Å². The first-order valence-electron chi connectivity index (χ1n) is 5.33. The summed E-state index contributed by atoms with van der Waals surface area (Å²) >= 11 is 4.95. The van der Waals surface area contributed by atoms with E-state index in [1.54, 1.807) is 6.92 Å². The highest BCUT2D eigenvalue weighted by Gasteiger charge is 2.36. The first-order valence-corrected chi connectivity index (χ1v) is 5.74. The van der Waals surface area contributed by atoms with Crippen LogP contribution in [0.5, 0.6) is 0 Å². The minimum absolute atomic E-state index is 0.0178. The molecule has 6 nitrogen and oxygen atoms in total. The third-order valence-corrected chi connectivity index (χ3v) is 2.61. The van der Waals surface area contributed by atoms with Gasteiger partial charge in [0.2, 0.25) is 5.91 Å². The van der Waals surface area contributed by atoms with Gasteiger partial charge in [0, 0.05) is 20.2 Å². The van der Waals surface area contributed by atoms with Crippen LogP contribution in [0, 0.1) is 5.92 Å². The Labute approximate surface area is 110 Å². The second kappa shape index (κ2) is 5.72. The van der Waals surface area contributed by atoms with Gasteiger partial charge in [-0.1, -0.05) is 12.2 Å². The van der Waals surface area contributed by atoms with Crippen LogP contribution < -0.4 is 5.32 Å². The molecule has 1 heterocycles. The largest absolute Gasteiger partial charge is 0.461 e. The third-order valence-electron chi connectivity index (χ3n) is 2.27. The Morgan fingerprint density at radius 1 is 1.50 bits per heavy atom. The molecule has 1 rings (SSSR count). The lowest BCUT2D eigenvalue weighted by Crippen LogP contribution is -2.47. The Kier molecular flexibility index (Phi) is 4.55. The van der Waals surface area contributed by atoms with Crippen LogP contribution in [-0.2, 0) is 19.1 Å². The molecule has 18 heavy (non-hydrogen) atoms. The second-order valence-electron chi connectivity index (χ2n) is 3.84. The highest BCUT2D eigenvalue weighted by atomic mass is 32.1. The highest BCUT2D eigenvalue weighted by molar-refractivity contribution is 7.80. The van der Waals surface area contributed by atoms with Gasteiger partial charge in [0.05, 0.1) is 6.61 Å². The minimum Gasteiger partial charge on any atom is -0.461 e. The molecule has 1 aliphatic rings. The number of nitrogens with one attached hydrogen (secondary N) is 1. The maximum atomic E-state index is 11.8. The van der Waals surface area contributed by atoms with Gasteiger partial charge in [-0.25, -0.2) is 4.79 Å². The van der Waals surface area contributed by atoms with E-state index in [0.29, 0.717) is 0 Å². The summed E-state index contributed by atoms with van der Waals surface area (Å²) in [6, 6.07) is 0. The van der Waals surface area contributed by atoms with E-state index in [4.69, 9.17) is 17.0 Å².